The first-order chi connectivity index (χ1) is 3.93. The molecule has 0 aliphatic carbocycles. The fourth-order valence-corrected chi connectivity index (χ4v) is 0.473. The van der Waals surface area contributed by atoms with Gasteiger partial charge in [0.2, 0.25) is 0 Å². The summed E-state index contributed by atoms with van der Waals surface area (Å²) in [5.41, 5.74) is 0. The quantitative estimate of drug-likeness (QED) is 0.345. The van der Waals surface area contributed by atoms with Crippen LogP contribution < -0.4 is 0 Å². The van der Waals surface area contributed by atoms with Crippen molar-refractivity contribution >= 4 is 17.7 Å². The molecule has 0 atom stereocenters. The number of hydrogen-bond donors (Lipinski definition) is 0. The molecule has 0 aliphatic rings. The van der Waals surface area contributed by atoms with Crippen molar-refractivity contribution in [2.24, 2.45) is 0 Å². The summed E-state index contributed by atoms with van der Waals surface area (Å²) in [7, 11) is 0. The molecule has 0 saturated carbocycles. The third kappa shape index (κ3) is 1.20. The molecule has 1 aromatic heterocycles. The molecule has 0 radical (unpaired) electrons. The zero-order chi connectivity index (χ0) is 5.82. The van der Waals surface area contributed by atoms with Crippen molar-refractivity contribution in [2.75, 3.05) is 0 Å². The van der Waals surface area contributed by atoms with E-state index in [4.69, 9.17) is 4.42 Å². The molecule has 0 amide bonds. The van der Waals surface area contributed by atoms with Gasteiger partial charge in [-0.25, -0.2) is 0 Å². The molecule has 1 nitrogen and oxygen atoms in total. The van der Waals surface area contributed by atoms with Crippen LogP contribution in [-0.4, -0.2) is 17.7 Å². The predicted octanol–water partition coefficient (Wildman–Crippen LogP) is 0.757. The summed E-state index contributed by atoms with van der Waals surface area (Å²) in [6, 6.07) is 3.65. The summed E-state index contributed by atoms with van der Waals surface area (Å²) in [4.78, 5) is 0. The number of rotatable bonds is 0. The van der Waals surface area contributed by atoms with E-state index < -0.39 is 0 Å². The summed E-state index contributed by atoms with van der Waals surface area (Å²) in [6.45, 7) is 0. The molecule has 2 heteroatoms. The first-order valence-corrected chi connectivity index (χ1v) is 2.40. The molecule has 0 aliphatic heterocycles. The Morgan fingerprint density at radius 1 is 1.62 bits per heavy atom. The normalized spacial score (nSPS) is 7.75. The topological polar surface area (TPSA) is 13.1 Å². The van der Waals surface area contributed by atoms with Crippen molar-refractivity contribution in [3.8, 4) is 10.5 Å². The van der Waals surface area contributed by atoms with E-state index in [2.05, 4.69) is 10.5 Å². The Labute approximate surface area is 57.3 Å². The van der Waals surface area contributed by atoms with E-state index in [0.717, 1.165) is 5.76 Å². The minimum atomic E-state index is 0.729. The molecule has 1 heterocycles. The van der Waals surface area contributed by atoms with Crippen LogP contribution in [-0.2, 0) is 0 Å². The van der Waals surface area contributed by atoms with Crippen molar-refractivity contribution in [3.05, 3.63) is 24.2 Å². The van der Waals surface area contributed by atoms with Gasteiger partial charge in [0.05, 0.1) is 0 Å². The third-order valence-electron chi connectivity index (χ3n) is 0.769. The van der Waals surface area contributed by atoms with Gasteiger partial charge in [-0.3, -0.25) is 0 Å². The minimum absolute atomic E-state index is 0.729. The van der Waals surface area contributed by atoms with Crippen LogP contribution in [0.1, 0.15) is 5.76 Å². The van der Waals surface area contributed by atoms with Crippen LogP contribution >= 0.6 is 0 Å². The molecule has 1 rings (SSSR count). The molecule has 0 N–H and O–H groups in total. The van der Waals surface area contributed by atoms with Crippen LogP contribution in [0, 0.1) is 10.5 Å². The SMILES string of the molecule is [Li][C]#Cc1ccco1. The average Bonchev–Trinajstić information content (AvgIpc) is 2.19. The standard InChI is InChI=1S/C6H3O.Li/c1-2-6-4-3-5-7-6;/h3-5H;. The maximum absolute atomic E-state index is 4.90. The second kappa shape index (κ2) is 2.67. The zero-order valence-corrected chi connectivity index (χ0v) is 4.64. The Bertz CT molecular complexity index is 202. The Kier molecular flexibility index (Phi) is 1.86. The van der Waals surface area contributed by atoms with E-state index in [9.17, 15) is 0 Å². The fraction of sp³-hybridized carbons (Fsp3) is 0. The third-order valence-corrected chi connectivity index (χ3v) is 0.769. The van der Waals surface area contributed by atoms with Gasteiger partial charge in [-0.2, -0.15) is 0 Å². The van der Waals surface area contributed by atoms with E-state index >= 15 is 0 Å². The molecular weight excluding hydrogens is 95.0 g/mol. The molecule has 0 saturated heterocycles. The van der Waals surface area contributed by atoms with E-state index in [0.29, 0.717) is 0 Å². The van der Waals surface area contributed by atoms with Crippen LogP contribution in [0.4, 0.5) is 0 Å². The Morgan fingerprint density at radius 3 is 3.00 bits per heavy atom. The van der Waals surface area contributed by atoms with Gasteiger partial charge in [0.15, 0.2) is 0 Å². The average molecular weight is 98.0 g/mol. The summed E-state index contributed by atoms with van der Waals surface area (Å²) < 4.78 is 7.63. The van der Waals surface area contributed by atoms with Crippen molar-refractivity contribution in [3.63, 3.8) is 0 Å². The molecule has 0 fully saturated rings. The predicted molar refractivity (Wildman–Crippen MR) is 31.3 cm³/mol. The van der Waals surface area contributed by atoms with Crippen molar-refractivity contribution < 1.29 is 4.42 Å². The number of hydrogen-bond acceptors (Lipinski definition) is 1. The number of furan rings is 1. The van der Waals surface area contributed by atoms with Crippen LogP contribution in [0.25, 0.3) is 0 Å². The van der Waals surface area contributed by atoms with Crippen molar-refractivity contribution in [1.82, 2.24) is 0 Å². The van der Waals surface area contributed by atoms with Gasteiger partial charge in [-0.05, 0) is 0 Å². The fourth-order valence-electron chi connectivity index (χ4n) is 0.473. The zero-order valence-electron chi connectivity index (χ0n) is 4.64. The molecular formula is C6H3LiO. The summed E-state index contributed by atoms with van der Waals surface area (Å²) >= 11 is 1.78. The molecule has 0 spiro atoms. The van der Waals surface area contributed by atoms with Gasteiger partial charge >= 0.3 is 56.8 Å². The monoisotopic (exact) mass is 98.0 g/mol. The van der Waals surface area contributed by atoms with Crippen molar-refractivity contribution in [1.29, 1.82) is 0 Å². The van der Waals surface area contributed by atoms with Crippen LogP contribution in [0.2, 0.25) is 0 Å². The molecule has 0 bridgehead atoms. The van der Waals surface area contributed by atoms with E-state index in [1.165, 1.54) is 0 Å². The first kappa shape index (κ1) is 5.57. The second-order valence-electron chi connectivity index (χ2n) is 1.35. The second-order valence-corrected chi connectivity index (χ2v) is 1.35. The van der Waals surface area contributed by atoms with Gasteiger partial charge < -0.3 is 0 Å². The van der Waals surface area contributed by atoms with Gasteiger partial charge in [0.1, 0.15) is 0 Å². The summed E-state index contributed by atoms with van der Waals surface area (Å²) in [6.07, 6.45) is 1.61. The van der Waals surface area contributed by atoms with E-state index in [1.807, 2.05) is 12.1 Å². The molecule has 8 heavy (non-hydrogen) atoms. The molecule has 0 unspecified atom stereocenters. The Morgan fingerprint density at radius 2 is 2.50 bits per heavy atom. The van der Waals surface area contributed by atoms with E-state index in [-0.39, 0.29) is 0 Å². The van der Waals surface area contributed by atoms with Crippen LogP contribution in [0.5, 0.6) is 0 Å². The maximum atomic E-state index is 4.90. The van der Waals surface area contributed by atoms with E-state index in [1.54, 1.807) is 24.0 Å². The van der Waals surface area contributed by atoms with Gasteiger partial charge in [0.25, 0.3) is 0 Å². The van der Waals surface area contributed by atoms with Gasteiger partial charge in [0, 0.05) is 0 Å². The molecule has 1 aromatic rings. The Hall–Kier alpha value is -0.563. The Balaban J connectivity index is 2.88. The van der Waals surface area contributed by atoms with Crippen LogP contribution in [0.3, 0.4) is 0 Å². The first-order valence-electron chi connectivity index (χ1n) is 2.40. The summed E-state index contributed by atoms with van der Waals surface area (Å²) in [5.74, 6) is 3.50. The van der Waals surface area contributed by atoms with Gasteiger partial charge in [-0.15, -0.1) is 0 Å². The van der Waals surface area contributed by atoms with Crippen LogP contribution in [0.15, 0.2) is 22.8 Å². The van der Waals surface area contributed by atoms with Gasteiger partial charge in [-0.1, -0.05) is 0 Å². The summed E-state index contributed by atoms with van der Waals surface area (Å²) in [5, 5.41) is 0. The van der Waals surface area contributed by atoms with Crippen molar-refractivity contribution in [2.45, 2.75) is 0 Å². The molecule has 0 aromatic carbocycles. The molecule has 34 valence electrons.